The second-order valence-corrected chi connectivity index (χ2v) is 5.49. The Balaban J connectivity index is 1.94. The molecule has 17 heavy (non-hydrogen) atoms. The topological polar surface area (TPSA) is 64.9 Å². The summed E-state index contributed by atoms with van der Waals surface area (Å²) in [7, 11) is 0. The van der Waals surface area contributed by atoms with Crippen LogP contribution in [0.15, 0.2) is 18.3 Å². The van der Waals surface area contributed by atoms with Crippen molar-refractivity contribution in [2.75, 3.05) is 5.73 Å². The molecule has 1 aliphatic rings. The van der Waals surface area contributed by atoms with Gasteiger partial charge in [-0.25, -0.2) is 4.98 Å². The third-order valence-corrected chi connectivity index (χ3v) is 3.90. The predicted octanol–water partition coefficient (Wildman–Crippen LogP) is 2.36. The van der Waals surface area contributed by atoms with Crippen molar-refractivity contribution in [3.05, 3.63) is 23.9 Å². The first-order valence-electron chi connectivity index (χ1n) is 6.61. The normalized spacial score (nSPS) is 26.7. The van der Waals surface area contributed by atoms with Gasteiger partial charge in [0.25, 0.3) is 0 Å². The maximum Gasteiger partial charge on any atom is 0.123 e. The number of anilines is 1. The summed E-state index contributed by atoms with van der Waals surface area (Å²) in [6.07, 6.45) is 7.95. The zero-order valence-corrected chi connectivity index (χ0v) is 10.6. The van der Waals surface area contributed by atoms with Gasteiger partial charge in [-0.2, -0.15) is 0 Å². The van der Waals surface area contributed by atoms with Crippen LogP contribution in [0, 0.1) is 11.8 Å². The molecule has 0 radical (unpaired) electrons. The molecule has 0 amide bonds. The molecule has 3 unspecified atom stereocenters. The lowest BCUT2D eigenvalue weighted by Gasteiger charge is -2.31. The van der Waals surface area contributed by atoms with Crippen LogP contribution in [0.1, 0.15) is 38.2 Å². The van der Waals surface area contributed by atoms with E-state index in [-0.39, 0.29) is 6.04 Å². The molecule has 0 aromatic carbocycles. The Morgan fingerprint density at radius 3 is 3.00 bits per heavy atom. The first-order chi connectivity index (χ1) is 8.15. The monoisotopic (exact) mass is 233 g/mol. The number of nitrogens with zero attached hydrogens (tertiary/aromatic N) is 1. The lowest BCUT2D eigenvalue weighted by molar-refractivity contribution is 0.245. The third kappa shape index (κ3) is 3.43. The zero-order chi connectivity index (χ0) is 12.3. The first-order valence-corrected chi connectivity index (χ1v) is 6.61. The molecule has 3 nitrogen and oxygen atoms in total. The van der Waals surface area contributed by atoms with E-state index in [1.165, 1.54) is 31.2 Å². The Morgan fingerprint density at radius 2 is 2.29 bits per heavy atom. The predicted molar refractivity (Wildman–Crippen MR) is 71.5 cm³/mol. The molecule has 0 spiro atoms. The highest BCUT2D eigenvalue weighted by Gasteiger charge is 2.24. The number of nitrogens with two attached hydrogens (primary N) is 2. The maximum atomic E-state index is 6.33. The van der Waals surface area contributed by atoms with E-state index in [0.717, 1.165) is 12.3 Å². The Bertz CT molecular complexity index is 364. The van der Waals surface area contributed by atoms with Crippen LogP contribution >= 0.6 is 0 Å². The molecule has 4 N–H and O–H groups in total. The number of rotatable bonds is 3. The quantitative estimate of drug-likeness (QED) is 0.842. The van der Waals surface area contributed by atoms with Crippen LogP contribution in [-0.4, -0.2) is 11.0 Å². The molecule has 3 atom stereocenters. The van der Waals surface area contributed by atoms with Gasteiger partial charge in [0.1, 0.15) is 5.82 Å². The van der Waals surface area contributed by atoms with Gasteiger partial charge < -0.3 is 11.5 Å². The van der Waals surface area contributed by atoms with Crippen molar-refractivity contribution < 1.29 is 0 Å². The van der Waals surface area contributed by atoms with E-state index in [0.29, 0.717) is 11.7 Å². The van der Waals surface area contributed by atoms with Gasteiger partial charge in [-0.1, -0.05) is 19.8 Å². The maximum absolute atomic E-state index is 6.33. The van der Waals surface area contributed by atoms with Gasteiger partial charge in [0.15, 0.2) is 0 Å². The molecule has 0 aliphatic heterocycles. The minimum absolute atomic E-state index is 0.263. The van der Waals surface area contributed by atoms with Crippen molar-refractivity contribution in [2.45, 2.75) is 45.1 Å². The standard InChI is InChI=1S/C14H23N3/c1-10-3-2-4-12(7-10)13(15)8-11-5-6-17-14(16)9-11/h5-6,9-10,12-13H,2-4,7-8,15H2,1H3,(H2,16,17). The highest BCUT2D eigenvalue weighted by molar-refractivity contribution is 5.32. The Hall–Kier alpha value is -1.09. The lowest BCUT2D eigenvalue weighted by atomic mass is 9.77. The molecule has 94 valence electrons. The van der Waals surface area contributed by atoms with Crippen LogP contribution in [0.5, 0.6) is 0 Å². The van der Waals surface area contributed by atoms with Crippen LogP contribution in [-0.2, 0) is 6.42 Å². The second-order valence-electron chi connectivity index (χ2n) is 5.49. The molecule has 1 aliphatic carbocycles. The molecule has 1 fully saturated rings. The fourth-order valence-electron chi connectivity index (χ4n) is 2.93. The van der Waals surface area contributed by atoms with Crippen molar-refractivity contribution >= 4 is 5.82 Å². The summed E-state index contributed by atoms with van der Waals surface area (Å²) in [4.78, 5) is 4.01. The molecule has 3 heteroatoms. The minimum Gasteiger partial charge on any atom is -0.384 e. The van der Waals surface area contributed by atoms with E-state index in [1.807, 2.05) is 12.1 Å². The van der Waals surface area contributed by atoms with Crippen molar-refractivity contribution in [1.29, 1.82) is 0 Å². The summed E-state index contributed by atoms with van der Waals surface area (Å²) in [5.41, 5.74) is 13.2. The van der Waals surface area contributed by atoms with E-state index >= 15 is 0 Å². The van der Waals surface area contributed by atoms with Gasteiger partial charge in [0, 0.05) is 12.2 Å². The molecule has 0 saturated heterocycles. The summed E-state index contributed by atoms with van der Waals surface area (Å²) >= 11 is 0. The smallest absolute Gasteiger partial charge is 0.123 e. The lowest BCUT2D eigenvalue weighted by Crippen LogP contribution is -2.35. The van der Waals surface area contributed by atoms with Crippen LogP contribution < -0.4 is 11.5 Å². The second kappa shape index (κ2) is 5.50. The summed E-state index contributed by atoms with van der Waals surface area (Å²) < 4.78 is 0. The fourth-order valence-corrected chi connectivity index (χ4v) is 2.93. The van der Waals surface area contributed by atoms with Gasteiger partial charge in [-0.3, -0.25) is 0 Å². The molecular formula is C14H23N3. The molecule has 1 aromatic heterocycles. The summed E-state index contributed by atoms with van der Waals surface area (Å²) in [5, 5.41) is 0. The summed E-state index contributed by atoms with van der Waals surface area (Å²) in [6.45, 7) is 2.34. The van der Waals surface area contributed by atoms with E-state index in [4.69, 9.17) is 11.5 Å². The molecule has 1 heterocycles. The SMILES string of the molecule is CC1CCCC(C(N)Cc2ccnc(N)c2)C1. The van der Waals surface area contributed by atoms with Gasteiger partial charge in [-0.15, -0.1) is 0 Å². The van der Waals surface area contributed by atoms with E-state index in [9.17, 15) is 0 Å². The number of hydrogen-bond donors (Lipinski definition) is 2. The van der Waals surface area contributed by atoms with E-state index in [1.54, 1.807) is 6.20 Å². The summed E-state index contributed by atoms with van der Waals surface area (Å²) in [5.74, 6) is 2.10. The number of pyridine rings is 1. The third-order valence-electron chi connectivity index (χ3n) is 3.90. The zero-order valence-electron chi connectivity index (χ0n) is 10.6. The molecule has 2 rings (SSSR count). The number of aromatic nitrogens is 1. The van der Waals surface area contributed by atoms with Crippen LogP contribution in [0.2, 0.25) is 0 Å². The van der Waals surface area contributed by atoms with E-state index in [2.05, 4.69) is 11.9 Å². The van der Waals surface area contributed by atoms with Crippen molar-refractivity contribution in [3.8, 4) is 0 Å². The first kappa shape index (κ1) is 12.4. The average molecular weight is 233 g/mol. The number of hydrogen-bond acceptors (Lipinski definition) is 3. The molecule has 1 saturated carbocycles. The molecular weight excluding hydrogens is 210 g/mol. The van der Waals surface area contributed by atoms with Crippen LogP contribution in [0.4, 0.5) is 5.82 Å². The van der Waals surface area contributed by atoms with Crippen LogP contribution in [0.25, 0.3) is 0 Å². The Labute approximate surface area is 104 Å². The summed E-state index contributed by atoms with van der Waals surface area (Å²) in [6, 6.07) is 4.22. The van der Waals surface area contributed by atoms with E-state index < -0.39 is 0 Å². The Kier molecular flexibility index (Phi) is 4.00. The van der Waals surface area contributed by atoms with Gasteiger partial charge in [-0.05, 0) is 48.8 Å². The molecule has 0 bridgehead atoms. The minimum atomic E-state index is 0.263. The highest BCUT2D eigenvalue weighted by atomic mass is 14.8. The van der Waals surface area contributed by atoms with Crippen LogP contribution in [0.3, 0.4) is 0 Å². The van der Waals surface area contributed by atoms with Gasteiger partial charge in [0.05, 0.1) is 0 Å². The van der Waals surface area contributed by atoms with Crippen molar-refractivity contribution in [3.63, 3.8) is 0 Å². The number of nitrogen functional groups attached to an aromatic ring is 1. The van der Waals surface area contributed by atoms with Gasteiger partial charge >= 0.3 is 0 Å². The molecule has 1 aromatic rings. The largest absolute Gasteiger partial charge is 0.384 e. The Morgan fingerprint density at radius 1 is 1.47 bits per heavy atom. The van der Waals surface area contributed by atoms with Crippen molar-refractivity contribution in [1.82, 2.24) is 4.98 Å². The van der Waals surface area contributed by atoms with Crippen molar-refractivity contribution in [2.24, 2.45) is 17.6 Å². The highest BCUT2D eigenvalue weighted by Crippen LogP contribution is 2.31. The fraction of sp³-hybridized carbons (Fsp3) is 0.643. The average Bonchev–Trinajstić information content (AvgIpc) is 2.29. The van der Waals surface area contributed by atoms with Gasteiger partial charge in [0.2, 0.25) is 0 Å².